The molecule has 3 heterocycles. The van der Waals surface area contributed by atoms with Crippen LogP contribution in [-0.2, 0) is 11.2 Å². The summed E-state index contributed by atoms with van der Waals surface area (Å²) in [4.78, 5) is 36.9. The predicted octanol–water partition coefficient (Wildman–Crippen LogP) is 0.853. The van der Waals surface area contributed by atoms with Gasteiger partial charge in [0.2, 0.25) is 5.91 Å². The average Bonchev–Trinajstić information content (AvgIpc) is 3.11. The highest BCUT2D eigenvalue weighted by atomic mass is 16.2. The highest BCUT2D eigenvalue weighted by Crippen LogP contribution is 2.17. The van der Waals surface area contributed by atoms with Crippen LogP contribution in [0.4, 0.5) is 4.79 Å². The second-order valence-electron chi connectivity index (χ2n) is 7.22. The van der Waals surface area contributed by atoms with E-state index in [0.717, 1.165) is 12.8 Å². The lowest BCUT2D eigenvalue weighted by atomic mass is 9.96. The lowest BCUT2D eigenvalue weighted by molar-refractivity contribution is -0.132. The molecule has 0 spiro atoms. The Morgan fingerprint density at radius 3 is 2.56 bits per heavy atom. The van der Waals surface area contributed by atoms with Crippen molar-refractivity contribution in [3.8, 4) is 0 Å². The molecule has 0 atom stereocenters. The summed E-state index contributed by atoms with van der Waals surface area (Å²) in [5.74, 6) is 0.943. The van der Waals surface area contributed by atoms with Crippen LogP contribution in [0, 0.1) is 0 Å². The molecule has 27 heavy (non-hydrogen) atoms. The van der Waals surface area contributed by atoms with Crippen molar-refractivity contribution in [1.82, 2.24) is 34.7 Å². The highest BCUT2D eigenvalue weighted by Gasteiger charge is 2.26. The van der Waals surface area contributed by atoms with Gasteiger partial charge in [-0.3, -0.25) is 4.79 Å². The monoisotopic (exact) mass is 371 g/mol. The van der Waals surface area contributed by atoms with Crippen LogP contribution in [-0.4, -0.2) is 73.5 Å². The van der Waals surface area contributed by atoms with Crippen LogP contribution in [0.15, 0.2) is 18.5 Å². The van der Waals surface area contributed by atoms with Crippen molar-refractivity contribution in [1.29, 1.82) is 0 Å². The number of aromatic nitrogens is 4. The number of rotatable bonds is 3. The molecule has 9 nitrogen and oxygen atoms in total. The van der Waals surface area contributed by atoms with Crippen molar-refractivity contribution >= 4 is 17.7 Å². The van der Waals surface area contributed by atoms with Crippen molar-refractivity contribution in [3.63, 3.8) is 0 Å². The van der Waals surface area contributed by atoms with E-state index >= 15 is 0 Å². The second kappa shape index (κ2) is 7.89. The van der Waals surface area contributed by atoms with Crippen molar-refractivity contribution < 1.29 is 9.59 Å². The van der Waals surface area contributed by atoms with Gasteiger partial charge in [0, 0.05) is 44.6 Å². The molecule has 1 aliphatic heterocycles. The van der Waals surface area contributed by atoms with Crippen LogP contribution < -0.4 is 5.32 Å². The normalized spacial score (nSPS) is 18.7. The summed E-state index contributed by atoms with van der Waals surface area (Å²) in [6.45, 7) is 2.21. The van der Waals surface area contributed by atoms with Gasteiger partial charge < -0.3 is 15.1 Å². The van der Waals surface area contributed by atoms with E-state index in [-0.39, 0.29) is 18.4 Å². The molecular formula is C18H25N7O2. The number of amides is 3. The average molecular weight is 371 g/mol. The molecule has 3 amide bonds. The van der Waals surface area contributed by atoms with Gasteiger partial charge in [-0.05, 0) is 18.9 Å². The number of urea groups is 1. The quantitative estimate of drug-likeness (QED) is 0.863. The van der Waals surface area contributed by atoms with Gasteiger partial charge in [-0.2, -0.15) is 4.98 Å². The van der Waals surface area contributed by atoms with Gasteiger partial charge in [0.25, 0.3) is 5.78 Å². The number of nitrogens with one attached hydrogen (secondary N) is 1. The topological polar surface area (TPSA) is 95.7 Å². The van der Waals surface area contributed by atoms with Crippen molar-refractivity contribution in [2.24, 2.45) is 0 Å². The molecule has 1 saturated carbocycles. The molecule has 0 unspecified atom stereocenters. The molecule has 0 radical (unpaired) electrons. The molecule has 2 fully saturated rings. The molecule has 1 saturated heterocycles. The van der Waals surface area contributed by atoms with E-state index in [2.05, 4.69) is 20.4 Å². The Hall–Kier alpha value is -2.71. The minimum absolute atomic E-state index is 0.00194. The highest BCUT2D eigenvalue weighted by molar-refractivity contribution is 5.79. The lowest BCUT2D eigenvalue weighted by Gasteiger charge is -2.36. The van der Waals surface area contributed by atoms with E-state index in [1.807, 2.05) is 4.90 Å². The maximum absolute atomic E-state index is 12.5. The lowest BCUT2D eigenvalue weighted by Crippen LogP contribution is -2.55. The van der Waals surface area contributed by atoms with Crippen LogP contribution >= 0.6 is 0 Å². The fraction of sp³-hybridized carbons (Fsp3) is 0.611. The molecule has 2 aromatic heterocycles. The summed E-state index contributed by atoms with van der Waals surface area (Å²) in [6.07, 6.45) is 9.36. The van der Waals surface area contributed by atoms with Gasteiger partial charge in [-0.25, -0.2) is 14.3 Å². The molecule has 1 N–H and O–H groups in total. The molecule has 2 aromatic rings. The van der Waals surface area contributed by atoms with E-state index < -0.39 is 0 Å². The van der Waals surface area contributed by atoms with Gasteiger partial charge in [-0.1, -0.05) is 19.3 Å². The Morgan fingerprint density at radius 2 is 1.81 bits per heavy atom. The Morgan fingerprint density at radius 1 is 1.07 bits per heavy atom. The smallest absolute Gasteiger partial charge is 0.317 e. The summed E-state index contributed by atoms with van der Waals surface area (Å²) >= 11 is 0. The number of hydrogen-bond acceptors (Lipinski definition) is 5. The number of fused-ring (bicyclic) bond motifs is 1. The standard InChI is InChI=1S/C18H25N7O2/c26-16(13-15-21-17-19-7-4-8-25(17)22-15)23-9-11-24(12-10-23)18(27)20-14-5-2-1-3-6-14/h4,7-8,14H,1-3,5-6,9-13H2,(H,20,27). The Kier molecular flexibility index (Phi) is 5.17. The zero-order valence-corrected chi connectivity index (χ0v) is 15.4. The molecule has 144 valence electrons. The summed E-state index contributed by atoms with van der Waals surface area (Å²) in [7, 11) is 0. The minimum Gasteiger partial charge on any atom is -0.339 e. The molecule has 0 aromatic carbocycles. The Bertz CT molecular complexity index is 774. The SMILES string of the molecule is O=C(Cc1nc2ncccn2n1)N1CCN(C(=O)NC2CCCCC2)CC1. The minimum atomic E-state index is -0.0155. The van der Waals surface area contributed by atoms with Crippen molar-refractivity contribution in [2.75, 3.05) is 26.2 Å². The zero-order chi connectivity index (χ0) is 18.6. The fourth-order valence-corrected chi connectivity index (χ4v) is 3.77. The van der Waals surface area contributed by atoms with Gasteiger partial charge in [-0.15, -0.1) is 5.10 Å². The molecule has 0 bridgehead atoms. The van der Waals surface area contributed by atoms with Gasteiger partial charge >= 0.3 is 6.03 Å². The molecule has 9 heteroatoms. The summed E-state index contributed by atoms with van der Waals surface area (Å²) in [6, 6.07) is 2.08. The van der Waals surface area contributed by atoms with Crippen LogP contribution in [0.25, 0.3) is 5.78 Å². The third-order valence-electron chi connectivity index (χ3n) is 5.32. The van der Waals surface area contributed by atoms with E-state index in [4.69, 9.17) is 0 Å². The zero-order valence-electron chi connectivity index (χ0n) is 15.4. The Balaban J connectivity index is 1.26. The number of carbonyl (C=O) groups is 2. The predicted molar refractivity (Wildman–Crippen MR) is 98.0 cm³/mol. The number of nitrogens with zero attached hydrogens (tertiary/aromatic N) is 6. The third-order valence-corrected chi connectivity index (χ3v) is 5.32. The van der Waals surface area contributed by atoms with E-state index in [1.54, 1.807) is 27.9 Å². The second-order valence-corrected chi connectivity index (χ2v) is 7.22. The molecule has 4 rings (SSSR count). The van der Waals surface area contributed by atoms with Gasteiger partial charge in [0.15, 0.2) is 5.82 Å². The summed E-state index contributed by atoms with van der Waals surface area (Å²) in [5, 5.41) is 7.42. The van der Waals surface area contributed by atoms with E-state index in [0.29, 0.717) is 43.8 Å². The maximum Gasteiger partial charge on any atom is 0.317 e. The van der Waals surface area contributed by atoms with Crippen LogP contribution in [0.5, 0.6) is 0 Å². The summed E-state index contributed by atoms with van der Waals surface area (Å²) in [5.41, 5.74) is 0. The van der Waals surface area contributed by atoms with Crippen LogP contribution in [0.3, 0.4) is 0 Å². The third kappa shape index (κ3) is 4.17. The fourth-order valence-electron chi connectivity index (χ4n) is 3.77. The molecular weight excluding hydrogens is 346 g/mol. The van der Waals surface area contributed by atoms with Gasteiger partial charge in [0.1, 0.15) is 0 Å². The van der Waals surface area contributed by atoms with Crippen molar-refractivity contribution in [3.05, 3.63) is 24.3 Å². The first kappa shape index (κ1) is 17.7. The van der Waals surface area contributed by atoms with Crippen molar-refractivity contribution in [2.45, 2.75) is 44.6 Å². The van der Waals surface area contributed by atoms with Crippen LogP contribution in [0.1, 0.15) is 37.9 Å². The number of piperazine rings is 1. The van der Waals surface area contributed by atoms with Crippen LogP contribution in [0.2, 0.25) is 0 Å². The first-order valence-electron chi connectivity index (χ1n) is 9.68. The molecule has 2 aliphatic rings. The molecule has 1 aliphatic carbocycles. The first-order chi connectivity index (χ1) is 13.2. The van der Waals surface area contributed by atoms with E-state index in [9.17, 15) is 9.59 Å². The number of carbonyl (C=O) groups excluding carboxylic acids is 2. The van der Waals surface area contributed by atoms with E-state index in [1.165, 1.54) is 19.3 Å². The summed E-state index contributed by atoms with van der Waals surface area (Å²) < 4.78 is 1.57. The largest absolute Gasteiger partial charge is 0.339 e. The van der Waals surface area contributed by atoms with Gasteiger partial charge in [0.05, 0.1) is 6.42 Å². The Labute approximate surface area is 157 Å². The first-order valence-corrected chi connectivity index (χ1v) is 9.68. The number of hydrogen-bond donors (Lipinski definition) is 1. The maximum atomic E-state index is 12.5.